The molecule has 1 N–H and O–H groups in total. The third-order valence-corrected chi connectivity index (χ3v) is 9.00. The molecule has 11 heteroatoms. The van der Waals surface area contributed by atoms with E-state index in [1.54, 1.807) is 16.2 Å². The van der Waals surface area contributed by atoms with Crippen LogP contribution in [0, 0.1) is 5.92 Å². The fourth-order valence-electron chi connectivity index (χ4n) is 5.34. The number of benzene rings is 1. The van der Waals surface area contributed by atoms with Crippen molar-refractivity contribution in [1.82, 2.24) is 0 Å². The summed E-state index contributed by atoms with van der Waals surface area (Å²) in [7, 11) is 0. The molecule has 0 saturated carbocycles. The van der Waals surface area contributed by atoms with Crippen LogP contribution in [0.25, 0.3) is 0 Å². The van der Waals surface area contributed by atoms with E-state index in [1.165, 1.54) is 43.8 Å². The van der Waals surface area contributed by atoms with E-state index in [1.807, 2.05) is 46.4 Å². The predicted octanol–water partition coefficient (Wildman–Crippen LogP) is 6.83. The molecule has 210 valence electrons. The molecule has 3 fully saturated rings. The number of hydrogen-bond donors (Lipinski definition) is 1. The number of fused-ring (bicyclic) bond motifs is 3. The fraction of sp³-hybridized carbons (Fsp3) is 0.429. The van der Waals surface area contributed by atoms with Gasteiger partial charge in [-0.05, 0) is 34.9 Å². The number of carbonyl (C=O) groups is 2. The lowest BCUT2D eigenvalue weighted by Gasteiger charge is -2.52. The van der Waals surface area contributed by atoms with E-state index >= 15 is 0 Å². The Labute approximate surface area is 233 Å². The molecule has 3 saturated heterocycles. The number of carboxylic acids is 1. The van der Waals surface area contributed by atoms with Crippen molar-refractivity contribution in [3.63, 3.8) is 0 Å². The zero-order valence-corrected chi connectivity index (χ0v) is 23.0. The first kappa shape index (κ1) is 29.1. The molecular weight excluding hydrogens is 549 g/mol. The second-order valence-corrected chi connectivity index (χ2v) is 11.8. The SMILES string of the molecule is O=C(O)C(F)(F)F.O=C(O[C@H]1C[N+]2(CCCc3cccs3)CCC1CC2)N(Cc1ccccc1)c1ccsc1. The first-order valence-electron chi connectivity index (χ1n) is 12.9. The highest BCUT2D eigenvalue weighted by molar-refractivity contribution is 7.09. The van der Waals surface area contributed by atoms with E-state index in [0.717, 1.165) is 28.7 Å². The summed E-state index contributed by atoms with van der Waals surface area (Å²) in [4.78, 5) is 25.5. The maximum Gasteiger partial charge on any atom is 0.490 e. The van der Waals surface area contributed by atoms with Crippen molar-refractivity contribution >= 4 is 40.4 Å². The van der Waals surface area contributed by atoms with Crippen LogP contribution in [-0.2, 0) is 22.5 Å². The minimum atomic E-state index is -5.08. The molecular formula is C28H32F3N2O4S2+. The average molecular weight is 582 g/mol. The van der Waals surface area contributed by atoms with Crippen molar-refractivity contribution in [1.29, 1.82) is 0 Å². The molecule has 6 nitrogen and oxygen atoms in total. The first-order chi connectivity index (χ1) is 18.7. The van der Waals surface area contributed by atoms with Crippen molar-refractivity contribution < 1.29 is 37.1 Å². The fourth-order valence-corrected chi connectivity index (χ4v) is 6.74. The number of aryl methyl sites for hydroxylation is 1. The Morgan fingerprint density at radius 2 is 1.77 bits per heavy atom. The first-order valence-corrected chi connectivity index (χ1v) is 14.7. The molecule has 6 rings (SSSR count). The van der Waals surface area contributed by atoms with Crippen molar-refractivity contribution in [2.24, 2.45) is 5.92 Å². The zero-order valence-electron chi connectivity index (χ0n) is 21.4. The van der Waals surface area contributed by atoms with Gasteiger partial charge in [0.15, 0.2) is 6.10 Å². The minimum absolute atomic E-state index is 0.0312. The van der Waals surface area contributed by atoms with E-state index < -0.39 is 12.1 Å². The van der Waals surface area contributed by atoms with E-state index in [9.17, 15) is 18.0 Å². The number of ether oxygens (including phenoxy) is 1. The molecule has 3 aliphatic rings. The van der Waals surface area contributed by atoms with Crippen molar-refractivity contribution in [2.45, 2.75) is 44.5 Å². The van der Waals surface area contributed by atoms with Crippen LogP contribution < -0.4 is 4.90 Å². The topological polar surface area (TPSA) is 66.8 Å². The van der Waals surface area contributed by atoms with Crippen LogP contribution in [0.5, 0.6) is 0 Å². The van der Waals surface area contributed by atoms with Gasteiger partial charge in [-0.2, -0.15) is 24.5 Å². The molecule has 1 aromatic carbocycles. The second-order valence-electron chi connectivity index (χ2n) is 9.99. The average Bonchev–Trinajstić information content (AvgIpc) is 3.63. The maximum absolute atomic E-state index is 13.4. The normalized spacial score (nSPS) is 22.0. The van der Waals surface area contributed by atoms with Crippen molar-refractivity contribution in [3.05, 3.63) is 75.1 Å². The number of alkyl halides is 3. The summed E-state index contributed by atoms with van der Waals surface area (Å²) in [6.45, 7) is 5.18. The number of quaternary nitrogens is 1. The number of hydrogen-bond acceptors (Lipinski definition) is 5. The summed E-state index contributed by atoms with van der Waals surface area (Å²) < 4.78 is 39.1. The summed E-state index contributed by atoms with van der Waals surface area (Å²) >= 11 is 3.47. The third kappa shape index (κ3) is 8.06. The van der Waals surface area contributed by atoms with Gasteiger partial charge in [-0.25, -0.2) is 9.59 Å². The molecule has 5 heterocycles. The predicted molar refractivity (Wildman–Crippen MR) is 146 cm³/mol. The zero-order chi connectivity index (χ0) is 27.9. The Morgan fingerprint density at radius 3 is 2.36 bits per heavy atom. The van der Waals surface area contributed by atoms with E-state index in [2.05, 4.69) is 29.6 Å². The molecule has 3 aromatic rings. The minimum Gasteiger partial charge on any atom is -0.475 e. The molecule has 2 bridgehead atoms. The van der Waals surface area contributed by atoms with Gasteiger partial charge in [-0.1, -0.05) is 36.4 Å². The van der Waals surface area contributed by atoms with Gasteiger partial charge < -0.3 is 14.3 Å². The Bertz CT molecular complexity index is 1180. The van der Waals surface area contributed by atoms with Gasteiger partial charge in [0.05, 0.1) is 31.9 Å². The van der Waals surface area contributed by atoms with Gasteiger partial charge in [-0.3, -0.25) is 4.90 Å². The number of piperidine rings is 3. The van der Waals surface area contributed by atoms with Crippen LogP contribution in [0.1, 0.15) is 29.7 Å². The highest BCUT2D eigenvalue weighted by Crippen LogP contribution is 2.36. The number of anilines is 1. The van der Waals surface area contributed by atoms with E-state index in [0.29, 0.717) is 12.5 Å². The van der Waals surface area contributed by atoms with Gasteiger partial charge >= 0.3 is 18.2 Å². The highest BCUT2D eigenvalue weighted by Gasteiger charge is 2.47. The molecule has 3 aliphatic heterocycles. The molecule has 0 aliphatic carbocycles. The number of aliphatic carboxylic acids is 1. The molecule has 39 heavy (non-hydrogen) atoms. The van der Waals surface area contributed by atoms with E-state index in [-0.39, 0.29) is 12.2 Å². The lowest BCUT2D eigenvalue weighted by atomic mass is 9.83. The van der Waals surface area contributed by atoms with Gasteiger partial charge in [0, 0.05) is 35.4 Å². The van der Waals surface area contributed by atoms with E-state index in [4.69, 9.17) is 14.6 Å². The highest BCUT2D eigenvalue weighted by atomic mass is 32.1. The van der Waals surface area contributed by atoms with Gasteiger partial charge in [0.2, 0.25) is 0 Å². The second kappa shape index (κ2) is 13.0. The van der Waals surface area contributed by atoms with Gasteiger partial charge in [-0.15, -0.1) is 11.3 Å². The van der Waals surface area contributed by atoms with Crippen molar-refractivity contribution in [3.8, 4) is 0 Å². The molecule has 1 atom stereocenters. The Kier molecular flexibility index (Phi) is 9.68. The largest absolute Gasteiger partial charge is 0.490 e. The number of nitrogens with zero attached hydrogens (tertiary/aromatic N) is 2. The summed E-state index contributed by atoms with van der Waals surface area (Å²) in [6, 6.07) is 16.6. The monoisotopic (exact) mass is 581 g/mol. The van der Waals surface area contributed by atoms with Crippen LogP contribution >= 0.6 is 22.7 Å². The van der Waals surface area contributed by atoms with Crippen LogP contribution in [0.4, 0.5) is 23.7 Å². The number of thiophene rings is 2. The summed E-state index contributed by atoms with van der Waals surface area (Å²) in [5.74, 6) is -2.25. The van der Waals surface area contributed by atoms with Gasteiger partial charge in [0.25, 0.3) is 0 Å². The lowest BCUT2D eigenvalue weighted by molar-refractivity contribution is -0.946. The number of rotatable bonds is 8. The summed E-state index contributed by atoms with van der Waals surface area (Å²) in [5.41, 5.74) is 2.03. The summed E-state index contributed by atoms with van der Waals surface area (Å²) in [5, 5.41) is 13.3. The number of carbonyl (C=O) groups excluding carboxylic acids is 1. The Balaban J connectivity index is 0.000000448. The maximum atomic E-state index is 13.4. The number of halogens is 3. The smallest absolute Gasteiger partial charge is 0.475 e. The molecule has 0 radical (unpaired) electrons. The van der Waals surface area contributed by atoms with Crippen LogP contribution in [-0.4, -0.2) is 60.1 Å². The van der Waals surface area contributed by atoms with Crippen LogP contribution in [0.3, 0.4) is 0 Å². The Hall–Kier alpha value is -2.89. The molecule has 2 aromatic heterocycles. The van der Waals surface area contributed by atoms with Crippen molar-refractivity contribution in [2.75, 3.05) is 31.1 Å². The number of carboxylic acid groups (broad SMARTS) is 1. The summed E-state index contributed by atoms with van der Waals surface area (Å²) in [6.07, 6.45) is -0.538. The molecule has 0 spiro atoms. The van der Waals surface area contributed by atoms with Crippen LogP contribution in [0.2, 0.25) is 0 Å². The molecule has 0 unspecified atom stereocenters. The Morgan fingerprint density at radius 1 is 1.05 bits per heavy atom. The number of amides is 1. The van der Waals surface area contributed by atoms with Gasteiger partial charge in [0.1, 0.15) is 6.54 Å². The molecule has 1 amide bonds. The lowest BCUT2D eigenvalue weighted by Crippen LogP contribution is -2.65. The standard InChI is InChI=1S/C26H31N2O2S2.C2HF3O2/c29-26(27(23-12-17-31-20-23)18-21-6-2-1-3-7-21)30-25-19-28(14-10-22(25)11-15-28)13-4-8-24-9-5-16-32-24;3-2(4,5)1(6)7/h1-3,5-7,9,12,16-17,20,22,25H,4,8,10-11,13-15,18-19H2;(H,6,7)/q+1;/t22?,25-,28?;/m0./s1. The quantitative estimate of drug-likeness (QED) is 0.296. The van der Waals surface area contributed by atoms with Crippen LogP contribution in [0.15, 0.2) is 64.7 Å². The third-order valence-electron chi connectivity index (χ3n) is 7.39.